The highest BCUT2D eigenvalue weighted by molar-refractivity contribution is 5.78. The van der Waals surface area contributed by atoms with E-state index in [0.717, 1.165) is 60.8 Å². The zero-order valence-electron chi connectivity index (χ0n) is 54.1. The van der Waals surface area contributed by atoms with Crippen LogP contribution in [0.15, 0.2) is 121 Å². The topological polar surface area (TPSA) is 174 Å². The molecule has 0 atom stereocenters. The Morgan fingerprint density at radius 2 is 0.659 bits per heavy atom. The first-order valence-electron chi connectivity index (χ1n) is 29.0. The SMILES string of the molecule is CCC(C)(C)C(=O)Oc1ccc(O)cc1.CCC(C)(C)c1cc(C)c(O)c(C)c1.CCC(C)(C)c1ccc(O)c(C)c1.CCC(C)(C)c1ccc(O)c(O)c1.CCC(C)(C)c1ccc(O)cc1.CCC(C)(C)c1ccc(OC(C)=O)cc1. The van der Waals surface area contributed by atoms with Crippen LogP contribution in [0.2, 0.25) is 0 Å². The zero-order chi connectivity index (χ0) is 63.2. The van der Waals surface area contributed by atoms with Crippen LogP contribution in [0.3, 0.4) is 0 Å². The zero-order valence-corrected chi connectivity index (χ0v) is 54.1. The summed E-state index contributed by atoms with van der Waals surface area (Å²) in [4.78, 5) is 22.4. The molecule has 0 unspecified atom stereocenters. The van der Waals surface area contributed by atoms with Crippen LogP contribution in [0.5, 0.6) is 46.0 Å². The lowest BCUT2D eigenvalue weighted by molar-refractivity contribution is -0.144. The number of ether oxygens (including phenoxy) is 2. The van der Waals surface area contributed by atoms with E-state index in [4.69, 9.17) is 24.8 Å². The van der Waals surface area contributed by atoms with Gasteiger partial charge in [0.15, 0.2) is 11.5 Å². The van der Waals surface area contributed by atoms with E-state index in [9.17, 15) is 24.9 Å². The third-order valence-corrected chi connectivity index (χ3v) is 16.5. The van der Waals surface area contributed by atoms with Crippen molar-refractivity contribution in [3.8, 4) is 46.0 Å². The first-order chi connectivity index (χ1) is 37.8. The van der Waals surface area contributed by atoms with E-state index in [1.165, 1.54) is 47.4 Å². The molecule has 0 heterocycles. The van der Waals surface area contributed by atoms with Crippen LogP contribution >= 0.6 is 0 Å². The summed E-state index contributed by atoms with van der Waals surface area (Å²) in [6, 6.07) is 36.3. The van der Waals surface area contributed by atoms with E-state index in [1.54, 1.807) is 36.4 Å². The van der Waals surface area contributed by atoms with Gasteiger partial charge in [-0.2, -0.15) is 0 Å². The van der Waals surface area contributed by atoms with Crippen LogP contribution in [-0.2, 0) is 36.7 Å². The van der Waals surface area contributed by atoms with Crippen LogP contribution in [-0.4, -0.2) is 42.6 Å². The Labute approximate surface area is 494 Å². The lowest BCUT2D eigenvalue weighted by atomic mass is 9.81. The summed E-state index contributed by atoms with van der Waals surface area (Å²) in [5.74, 6) is 1.74. The van der Waals surface area contributed by atoms with Gasteiger partial charge in [-0.05, 0) is 211 Å². The summed E-state index contributed by atoms with van der Waals surface area (Å²) < 4.78 is 10.2. The van der Waals surface area contributed by atoms with Crippen molar-refractivity contribution in [2.24, 2.45) is 5.41 Å². The molecular weight excluding hydrogens is 1020 g/mol. The van der Waals surface area contributed by atoms with E-state index in [0.29, 0.717) is 28.7 Å². The molecule has 0 amide bonds. The van der Waals surface area contributed by atoms with Gasteiger partial charge in [0.2, 0.25) is 0 Å². The second-order valence-corrected chi connectivity index (χ2v) is 25.1. The highest BCUT2D eigenvalue weighted by Gasteiger charge is 2.28. The van der Waals surface area contributed by atoms with Crippen LogP contribution in [0.25, 0.3) is 0 Å². The Kier molecular flexibility index (Phi) is 28.6. The minimum Gasteiger partial charge on any atom is -0.508 e. The molecule has 82 heavy (non-hydrogen) atoms. The molecule has 0 bridgehead atoms. The molecule has 6 N–H and O–H groups in total. The molecule has 0 aliphatic rings. The largest absolute Gasteiger partial charge is 0.508 e. The van der Waals surface area contributed by atoms with Crippen molar-refractivity contribution in [3.63, 3.8) is 0 Å². The van der Waals surface area contributed by atoms with Gasteiger partial charge in [0.05, 0.1) is 5.41 Å². The van der Waals surface area contributed by atoms with Gasteiger partial charge in [-0.3, -0.25) is 9.59 Å². The summed E-state index contributed by atoms with van der Waals surface area (Å²) in [6.45, 7) is 45.6. The fraction of sp³-hybridized carbons (Fsp3) is 0.472. The number of aromatic hydroxyl groups is 6. The highest BCUT2D eigenvalue weighted by Crippen LogP contribution is 2.35. The number of esters is 2. The molecule has 10 heteroatoms. The summed E-state index contributed by atoms with van der Waals surface area (Å²) in [7, 11) is 0. The van der Waals surface area contributed by atoms with Gasteiger partial charge < -0.3 is 40.1 Å². The van der Waals surface area contributed by atoms with Crippen LogP contribution in [0.4, 0.5) is 0 Å². The van der Waals surface area contributed by atoms with Crippen molar-refractivity contribution in [1.29, 1.82) is 0 Å². The fourth-order valence-electron chi connectivity index (χ4n) is 7.34. The summed E-state index contributed by atoms with van der Waals surface area (Å²) in [5.41, 5.74) is 9.47. The standard InChI is InChI=1S/C13H18O2.C13H20O.C12H16O3.C12H18O.C11H16O2.C11H16O/c1-5-13(3,4)11-6-8-12(9-7-11)15-10(2)14;1-6-13(4,5)11-7-9(2)12(14)10(3)8-11;1-4-12(2,3)11(14)15-10-7-5-9(13)6-8-10;1-5-12(3,4)10-6-7-11(13)9(2)8-10;1-4-11(2,3)8-5-6-9(12)10(13)7-8;1-4-11(2,3)9-5-7-10(12)8-6-9/h6-9H,5H2,1-4H3;7-8,14H,6H2,1-5H3;5-8,13H,4H2,1-3H3;6-8,13H,5H2,1-4H3;5-7,12-13H,4H2,1-3H3;5-8,12H,4H2,1-3H3. The van der Waals surface area contributed by atoms with Crippen molar-refractivity contribution in [3.05, 3.63) is 166 Å². The monoisotopic (exact) mass is 1130 g/mol. The highest BCUT2D eigenvalue weighted by atomic mass is 16.5. The number of aryl methyl sites for hydroxylation is 3. The molecular formula is C72H104O10. The van der Waals surface area contributed by atoms with Crippen LogP contribution in [0, 0.1) is 26.2 Å². The van der Waals surface area contributed by atoms with Gasteiger partial charge in [0.1, 0.15) is 34.5 Å². The van der Waals surface area contributed by atoms with Crippen molar-refractivity contribution in [2.45, 2.75) is 218 Å². The summed E-state index contributed by atoms with van der Waals surface area (Å²) >= 11 is 0. The summed E-state index contributed by atoms with van der Waals surface area (Å²) in [5, 5.41) is 55.6. The lowest BCUT2D eigenvalue weighted by Crippen LogP contribution is -2.28. The third kappa shape index (κ3) is 23.5. The van der Waals surface area contributed by atoms with E-state index < -0.39 is 5.41 Å². The molecule has 0 aliphatic carbocycles. The van der Waals surface area contributed by atoms with Gasteiger partial charge in [-0.25, -0.2) is 0 Å². The maximum Gasteiger partial charge on any atom is 0.316 e. The van der Waals surface area contributed by atoms with E-state index >= 15 is 0 Å². The number of hydrogen-bond donors (Lipinski definition) is 6. The third-order valence-electron chi connectivity index (χ3n) is 16.5. The maximum atomic E-state index is 11.7. The Morgan fingerprint density at radius 3 is 1.02 bits per heavy atom. The van der Waals surface area contributed by atoms with Crippen molar-refractivity contribution >= 4 is 11.9 Å². The number of carbonyl (C=O) groups excluding carboxylic acids is 2. The second kappa shape index (κ2) is 32.0. The van der Waals surface area contributed by atoms with E-state index in [1.807, 2.05) is 90.1 Å². The number of hydrogen-bond acceptors (Lipinski definition) is 10. The predicted octanol–water partition coefficient (Wildman–Crippen LogP) is 19.0. The molecule has 0 fully saturated rings. The average Bonchev–Trinajstić information content (AvgIpc) is 3.45. The Balaban J connectivity index is 0.000000493. The second-order valence-electron chi connectivity index (χ2n) is 25.1. The molecule has 0 saturated carbocycles. The first-order valence-corrected chi connectivity index (χ1v) is 29.0. The van der Waals surface area contributed by atoms with Crippen molar-refractivity contribution in [2.75, 3.05) is 0 Å². The smallest absolute Gasteiger partial charge is 0.316 e. The molecule has 0 saturated heterocycles. The maximum absolute atomic E-state index is 11.7. The number of phenols is 6. The van der Waals surface area contributed by atoms with Gasteiger partial charge in [0, 0.05) is 6.92 Å². The van der Waals surface area contributed by atoms with Gasteiger partial charge >= 0.3 is 11.9 Å². The van der Waals surface area contributed by atoms with Crippen LogP contribution in [0.1, 0.15) is 215 Å². The Morgan fingerprint density at radius 1 is 0.354 bits per heavy atom. The molecule has 6 aromatic rings. The molecule has 0 aliphatic heterocycles. The number of rotatable bonds is 14. The molecule has 0 radical (unpaired) electrons. The quantitative estimate of drug-likeness (QED) is 0.0350. The minimum atomic E-state index is -0.474. The lowest BCUT2D eigenvalue weighted by Gasteiger charge is -2.24. The summed E-state index contributed by atoms with van der Waals surface area (Å²) in [6.07, 6.45) is 6.13. The van der Waals surface area contributed by atoms with Crippen molar-refractivity contribution < 1.29 is 49.7 Å². The van der Waals surface area contributed by atoms with E-state index in [2.05, 4.69) is 122 Å². The number of benzene rings is 6. The molecule has 10 nitrogen and oxygen atoms in total. The van der Waals surface area contributed by atoms with Gasteiger partial charge in [-0.15, -0.1) is 0 Å². The van der Waals surface area contributed by atoms with Crippen molar-refractivity contribution in [1.82, 2.24) is 0 Å². The number of phenolic OH excluding ortho intramolecular Hbond substituents is 6. The molecule has 0 spiro atoms. The first kappa shape index (κ1) is 73.1. The Bertz CT molecular complexity index is 2800. The predicted molar refractivity (Wildman–Crippen MR) is 340 cm³/mol. The molecule has 452 valence electrons. The molecule has 6 rings (SSSR count). The minimum absolute atomic E-state index is 0.0426. The Hall–Kier alpha value is -6.94. The number of carbonyl (C=O) groups is 2. The average molecular weight is 1130 g/mol. The van der Waals surface area contributed by atoms with Crippen LogP contribution < -0.4 is 9.47 Å². The van der Waals surface area contributed by atoms with E-state index in [-0.39, 0.29) is 56.3 Å². The fourth-order valence-corrected chi connectivity index (χ4v) is 7.34. The van der Waals surface area contributed by atoms with Gasteiger partial charge in [-0.1, -0.05) is 165 Å². The van der Waals surface area contributed by atoms with Gasteiger partial charge in [0.25, 0.3) is 0 Å². The normalized spacial score (nSPS) is 11.5. The molecule has 0 aromatic heterocycles. The molecule has 6 aromatic carbocycles.